The highest BCUT2D eigenvalue weighted by molar-refractivity contribution is 6.41. The zero-order chi connectivity index (χ0) is 8.91. The fourth-order valence-corrected chi connectivity index (χ4v) is 1.17. The van der Waals surface area contributed by atoms with E-state index in [-0.39, 0.29) is 0 Å². The molecule has 0 aromatic rings. The first kappa shape index (κ1) is 11.1. The molecule has 11 heavy (non-hydrogen) atoms. The van der Waals surface area contributed by atoms with Gasteiger partial charge in [-0.05, 0) is 5.92 Å². The fraction of sp³-hybridized carbons (Fsp3) is 1.00. The van der Waals surface area contributed by atoms with Crippen molar-refractivity contribution >= 4 is 15.1 Å². The molecule has 0 rings (SSSR count). The lowest BCUT2D eigenvalue weighted by Gasteiger charge is -2.21. The van der Waals surface area contributed by atoms with Crippen LogP contribution < -0.4 is 0 Å². The summed E-state index contributed by atoms with van der Waals surface area (Å²) in [7, 11) is 3.68. The van der Waals surface area contributed by atoms with Crippen molar-refractivity contribution in [3.63, 3.8) is 0 Å². The lowest BCUT2D eigenvalue weighted by atomic mass is 9.48. The highest BCUT2D eigenvalue weighted by Crippen LogP contribution is 2.28. The van der Waals surface area contributed by atoms with E-state index >= 15 is 0 Å². The quantitative estimate of drug-likeness (QED) is 0.529. The third kappa shape index (κ3) is 6.52. The molecule has 0 atom stereocenters. The predicted octanol–water partition coefficient (Wildman–Crippen LogP) is 2.14. The SMILES string of the molecule is BCC(C)(C)BCCC(C)C. The van der Waals surface area contributed by atoms with Gasteiger partial charge in [-0.25, -0.2) is 0 Å². The van der Waals surface area contributed by atoms with Gasteiger partial charge in [-0.2, -0.15) is 0 Å². The Hall–Kier alpha value is 0.130. The van der Waals surface area contributed by atoms with Crippen molar-refractivity contribution in [2.75, 3.05) is 0 Å². The van der Waals surface area contributed by atoms with E-state index in [1.165, 1.54) is 26.3 Å². The molecule has 0 aromatic carbocycles. The van der Waals surface area contributed by atoms with Crippen LogP contribution in [0, 0.1) is 5.92 Å². The zero-order valence-corrected chi connectivity index (χ0v) is 8.91. The Labute approximate surface area is 73.8 Å². The van der Waals surface area contributed by atoms with Gasteiger partial charge in [-0.1, -0.05) is 52.1 Å². The molecule has 0 aliphatic carbocycles. The van der Waals surface area contributed by atoms with Crippen molar-refractivity contribution in [1.29, 1.82) is 0 Å². The van der Waals surface area contributed by atoms with E-state index in [4.69, 9.17) is 0 Å². The van der Waals surface area contributed by atoms with Gasteiger partial charge in [-0.15, -0.1) is 0 Å². The topological polar surface area (TPSA) is 0 Å². The molecule has 0 radical (unpaired) electrons. The average Bonchev–Trinajstić information content (AvgIpc) is 1.87. The molecule has 0 saturated heterocycles. The summed E-state index contributed by atoms with van der Waals surface area (Å²) in [5.74, 6) is 0.877. The van der Waals surface area contributed by atoms with E-state index < -0.39 is 0 Å². The van der Waals surface area contributed by atoms with Crippen LogP contribution in [0.2, 0.25) is 18.0 Å². The number of hydrogen-bond donors (Lipinski definition) is 0. The molecule has 0 unspecified atom stereocenters. The monoisotopic (exact) mass is 152 g/mol. The summed E-state index contributed by atoms with van der Waals surface area (Å²) in [4.78, 5) is 0. The second-order valence-electron chi connectivity index (χ2n) is 4.80. The van der Waals surface area contributed by atoms with Crippen LogP contribution >= 0.6 is 0 Å². The van der Waals surface area contributed by atoms with Gasteiger partial charge in [-0.3, -0.25) is 0 Å². The molecule has 0 aliphatic rings. The Morgan fingerprint density at radius 3 is 2.27 bits per heavy atom. The van der Waals surface area contributed by atoms with Crippen molar-refractivity contribution in [3.8, 4) is 0 Å². The standard InChI is InChI=1S/C9H22B2/c1-8(2)5-6-11-9(3,4)7-10/h8,11H,5-7,10H2,1-4H3. The highest BCUT2D eigenvalue weighted by Gasteiger charge is 2.15. The van der Waals surface area contributed by atoms with Gasteiger partial charge in [0.2, 0.25) is 0 Å². The van der Waals surface area contributed by atoms with Gasteiger partial charge < -0.3 is 0 Å². The van der Waals surface area contributed by atoms with Crippen LogP contribution in [0.1, 0.15) is 34.1 Å². The van der Waals surface area contributed by atoms with Gasteiger partial charge in [0.25, 0.3) is 0 Å². The lowest BCUT2D eigenvalue weighted by molar-refractivity contribution is 0.616. The molecule has 0 N–H and O–H groups in total. The minimum atomic E-state index is 0.578. The van der Waals surface area contributed by atoms with Gasteiger partial charge >= 0.3 is 0 Å². The summed E-state index contributed by atoms with van der Waals surface area (Å²) in [6.07, 6.45) is 4.10. The lowest BCUT2D eigenvalue weighted by Crippen LogP contribution is -2.12. The molecule has 2 heteroatoms. The molecule has 0 amide bonds. The Morgan fingerprint density at radius 1 is 1.36 bits per heavy atom. The molecule has 0 spiro atoms. The first-order valence-electron chi connectivity index (χ1n) is 4.98. The van der Waals surface area contributed by atoms with Gasteiger partial charge in [0.15, 0.2) is 0 Å². The normalized spacial score (nSPS) is 12.1. The average molecular weight is 152 g/mol. The zero-order valence-electron chi connectivity index (χ0n) is 8.91. The van der Waals surface area contributed by atoms with E-state index in [1.807, 2.05) is 0 Å². The number of rotatable bonds is 5. The van der Waals surface area contributed by atoms with Crippen molar-refractivity contribution < 1.29 is 0 Å². The Morgan fingerprint density at radius 2 is 1.91 bits per heavy atom. The van der Waals surface area contributed by atoms with E-state index in [1.54, 1.807) is 0 Å². The van der Waals surface area contributed by atoms with Gasteiger partial charge in [0.05, 0.1) is 0 Å². The van der Waals surface area contributed by atoms with Crippen LogP contribution in [-0.4, -0.2) is 15.1 Å². The van der Waals surface area contributed by atoms with Crippen LogP contribution in [0.25, 0.3) is 0 Å². The van der Waals surface area contributed by atoms with E-state index in [0.29, 0.717) is 5.31 Å². The summed E-state index contributed by atoms with van der Waals surface area (Å²) in [6.45, 7) is 9.35. The minimum absolute atomic E-state index is 0.578. The van der Waals surface area contributed by atoms with Crippen molar-refractivity contribution in [2.24, 2.45) is 5.92 Å². The first-order valence-corrected chi connectivity index (χ1v) is 4.98. The van der Waals surface area contributed by atoms with Crippen LogP contribution in [-0.2, 0) is 0 Å². The molecular formula is C9H22B2. The Bertz CT molecular complexity index is 97.7. The molecule has 0 saturated carbocycles. The highest BCUT2D eigenvalue weighted by atomic mass is 14.0. The molecule has 0 bridgehead atoms. The molecular weight excluding hydrogens is 130 g/mol. The maximum Gasteiger partial charge on any atom is 0.126 e. The summed E-state index contributed by atoms with van der Waals surface area (Å²) < 4.78 is 0. The summed E-state index contributed by atoms with van der Waals surface area (Å²) in [6, 6.07) is 0. The Balaban J connectivity index is 3.38. The van der Waals surface area contributed by atoms with Gasteiger partial charge in [0.1, 0.15) is 15.1 Å². The van der Waals surface area contributed by atoms with Crippen molar-refractivity contribution in [2.45, 2.75) is 52.1 Å². The molecule has 0 aliphatic heterocycles. The summed E-state index contributed by atoms with van der Waals surface area (Å²) in [5.41, 5.74) is 0. The second-order valence-corrected chi connectivity index (χ2v) is 4.80. The van der Waals surface area contributed by atoms with Gasteiger partial charge in [0, 0.05) is 0 Å². The van der Waals surface area contributed by atoms with Crippen LogP contribution in [0.5, 0.6) is 0 Å². The van der Waals surface area contributed by atoms with Crippen molar-refractivity contribution in [1.82, 2.24) is 0 Å². The molecule has 0 fully saturated rings. The van der Waals surface area contributed by atoms with E-state index in [0.717, 1.165) is 5.92 Å². The summed E-state index contributed by atoms with van der Waals surface area (Å²) >= 11 is 0. The largest absolute Gasteiger partial charge is 0.126 e. The van der Waals surface area contributed by atoms with Crippen molar-refractivity contribution in [3.05, 3.63) is 0 Å². The maximum absolute atomic E-state index is 2.37. The van der Waals surface area contributed by atoms with E-state index in [9.17, 15) is 0 Å². The molecule has 0 heterocycles. The molecule has 0 aromatic heterocycles. The summed E-state index contributed by atoms with van der Waals surface area (Å²) in [5, 5.41) is 0.578. The maximum atomic E-state index is 2.37. The third-order valence-electron chi connectivity index (χ3n) is 2.59. The molecule has 64 valence electrons. The smallest absolute Gasteiger partial charge is 0.0827 e. The van der Waals surface area contributed by atoms with Crippen LogP contribution in [0.4, 0.5) is 0 Å². The van der Waals surface area contributed by atoms with E-state index in [2.05, 4.69) is 35.5 Å². The fourth-order valence-electron chi connectivity index (χ4n) is 1.17. The minimum Gasteiger partial charge on any atom is -0.0827 e. The number of hydrogen-bond acceptors (Lipinski definition) is 0. The predicted molar refractivity (Wildman–Crippen MR) is 58.8 cm³/mol. The van der Waals surface area contributed by atoms with Crippen LogP contribution in [0.15, 0.2) is 0 Å². The third-order valence-corrected chi connectivity index (χ3v) is 2.59. The first-order chi connectivity index (χ1) is 4.98. The molecule has 0 nitrogen and oxygen atoms in total. The second kappa shape index (κ2) is 4.90. The van der Waals surface area contributed by atoms with Crippen LogP contribution in [0.3, 0.4) is 0 Å². The Kier molecular flexibility index (Phi) is 4.96.